The molecule has 0 aliphatic rings. The second-order valence-corrected chi connectivity index (χ2v) is 3.95. The number of terminal acetylenes is 1. The van der Waals surface area contributed by atoms with Gasteiger partial charge >= 0.3 is 0 Å². The number of nitrogens with one attached hydrogen (secondary N) is 1. The van der Waals surface area contributed by atoms with Crippen LogP contribution in [0.1, 0.15) is 18.5 Å². The molecule has 1 rings (SSSR count). The van der Waals surface area contributed by atoms with Crippen molar-refractivity contribution in [2.75, 3.05) is 6.54 Å². The summed E-state index contributed by atoms with van der Waals surface area (Å²) in [7, 11) is 0. The van der Waals surface area contributed by atoms with Crippen LogP contribution in [0.2, 0.25) is 5.02 Å². The van der Waals surface area contributed by atoms with Crippen molar-refractivity contribution < 1.29 is 4.39 Å². The third-order valence-corrected chi connectivity index (χ3v) is 2.51. The molecule has 16 heavy (non-hydrogen) atoms. The Labute approximate surface area is 100.0 Å². The Balaban J connectivity index is 2.91. The molecule has 0 aliphatic carbocycles. The number of hydrogen-bond acceptors (Lipinski definition) is 2. The molecule has 0 bridgehead atoms. The first kappa shape index (κ1) is 13.0. The van der Waals surface area contributed by atoms with E-state index in [4.69, 9.17) is 23.8 Å². The monoisotopic (exact) mass is 240 g/mol. The molecule has 4 heteroatoms. The molecule has 1 aromatic rings. The van der Waals surface area contributed by atoms with Crippen molar-refractivity contribution in [3.63, 3.8) is 0 Å². The first-order valence-electron chi connectivity index (χ1n) is 4.95. The van der Waals surface area contributed by atoms with Crippen LogP contribution in [0.15, 0.2) is 18.2 Å². The fraction of sp³-hybridized carbons (Fsp3) is 0.333. The Bertz CT molecular complexity index is 400. The van der Waals surface area contributed by atoms with Crippen LogP contribution < -0.4 is 11.1 Å². The maximum absolute atomic E-state index is 13.6. The molecule has 0 fully saturated rings. The molecule has 1 aromatic carbocycles. The van der Waals surface area contributed by atoms with Crippen molar-refractivity contribution in [2.24, 2.45) is 5.73 Å². The molecule has 0 aromatic heterocycles. The van der Waals surface area contributed by atoms with Crippen molar-refractivity contribution in [2.45, 2.75) is 19.0 Å². The fourth-order valence-electron chi connectivity index (χ4n) is 1.42. The fourth-order valence-corrected chi connectivity index (χ4v) is 1.58. The van der Waals surface area contributed by atoms with Crippen LogP contribution in [0.3, 0.4) is 0 Å². The summed E-state index contributed by atoms with van der Waals surface area (Å²) in [6, 6.07) is 4.05. The Morgan fingerprint density at radius 3 is 2.81 bits per heavy atom. The number of benzene rings is 1. The van der Waals surface area contributed by atoms with Crippen LogP contribution in [-0.4, -0.2) is 12.6 Å². The normalized spacial score (nSPS) is 14.2. The molecule has 0 spiro atoms. The van der Waals surface area contributed by atoms with Gasteiger partial charge in [-0.05, 0) is 19.1 Å². The zero-order valence-corrected chi connectivity index (χ0v) is 9.76. The van der Waals surface area contributed by atoms with Crippen molar-refractivity contribution in [1.82, 2.24) is 5.32 Å². The molecule has 0 saturated carbocycles. The summed E-state index contributed by atoms with van der Waals surface area (Å²) in [5, 5.41) is 3.41. The molecular weight excluding hydrogens is 227 g/mol. The summed E-state index contributed by atoms with van der Waals surface area (Å²) in [6.45, 7) is 2.08. The first-order chi connectivity index (χ1) is 7.58. The average molecular weight is 241 g/mol. The van der Waals surface area contributed by atoms with Crippen LogP contribution in [-0.2, 0) is 0 Å². The van der Waals surface area contributed by atoms with Gasteiger partial charge in [-0.25, -0.2) is 4.39 Å². The lowest BCUT2D eigenvalue weighted by Crippen LogP contribution is -2.34. The van der Waals surface area contributed by atoms with Gasteiger partial charge in [0.1, 0.15) is 5.82 Å². The highest BCUT2D eigenvalue weighted by atomic mass is 35.5. The zero-order chi connectivity index (χ0) is 12.1. The summed E-state index contributed by atoms with van der Waals surface area (Å²) in [5.74, 6) is 2.14. The Hall–Kier alpha value is -1.08. The highest BCUT2D eigenvalue weighted by Gasteiger charge is 2.15. The Morgan fingerprint density at radius 2 is 2.31 bits per heavy atom. The minimum atomic E-state index is -0.375. The van der Waals surface area contributed by atoms with Crippen LogP contribution in [0.5, 0.6) is 0 Å². The van der Waals surface area contributed by atoms with E-state index in [1.54, 1.807) is 12.1 Å². The smallest absolute Gasteiger partial charge is 0.129 e. The summed E-state index contributed by atoms with van der Waals surface area (Å²) in [5.41, 5.74) is 6.06. The van der Waals surface area contributed by atoms with E-state index in [2.05, 4.69) is 11.2 Å². The van der Waals surface area contributed by atoms with Gasteiger partial charge in [0.2, 0.25) is 0 Å². The van der Waals surface area contributed by atoms with Gasteiger partial charge < -0.3 is 5.73 Å². The van der Waals surface area contributed by atoms with Gasteiger partial charge in [-0.2, -0.15) is 0 Å². The van der Waals surface area contributed by atoms with E-state index < -0.39 is 0 Å². The van der Waals surface area contributed by atoms with Crippen molar-refractivity contribution in [1.29, 1.82) is 0 Å². The Kier molecular flexibility index (Phi) is 4.75. The standard InChI is InChI=1S/C12H14ClFN2/c1-3-8(2)16-12(7-15)10-5-4-9(13)6-11(10)14/h1,4-6,8,12,16H,7,15H2,2H3. The van der Waals surface area contributed by atoms with Crippen LogP contribution in [0, 0.1) is 18.2 Å². The number of rotatable bonds is 4. The third-order valence-electron chi connectivity index (χ3n) is 2.27. The second kappa shape index (κ2) is 5.86. The minimum Gasteiger partial charge on any atom is -0.329 e. The lowest BCUT2D eigenvalue weighted by Gasteiger charge is -2.20. The number of hydrogen-bond donors (Lipinski definition) is 2. The molecule has 86 valence electrons. The van der Waals surface area contributed by atoms with Gasteiger partial charge in [0, 0.05) is 23.2 Å². The van der Waals surface area contributed by atoms with Gasteiger partial charge in [-0.3, -0.25) is 5.32 Å². The molecule has 2 nitrogen and oxygen atoms in total. The zero-order valence-electron chi connectivity index (χ0n) is 9.00. The predicted octanol–water partition coefficient (Wildman–Crippen LogP) is 2.09. The molecule has 0 aliphatic heterocycles. The molecule has 0 amide bonds. The minimum absolute atomic E-state index is 0.163. The van der Waals surface area contributed by atoms with E-state index in [-0.39, 0.29) is 24.4 Å². The lowest BCUT2D eigenvalue weighted by molar-refractivity contribution is 0.490. The average Bonchev–Trinajstić information content (AvgIpc) is 2.26. The van der Waals surface area contributed by atoms with Gasteiger partial charge in [0.25, 0.3) is 0 Å². The first-order valence-corrected chi connectivity index (χ1v) is 5.33. The third kappa shape index (κ3) is 3.21. The van der Waals surface area contributed by atoms with Crippen LogP contribution in [0.25, 0.3) is 0 Å². The maximum Gasteiger partial charge on any atom is 0.129 e. The van der Waals surface area contributed by atoms with E-state index in [1.807, 2.05) is 6.92 Å². The summed E-state index contributed by atoms with van der Waals surface area (Å²) in [6.07, 6.45) is 5.25. The number of nitrogens with two attached hydrogens (primary N) is 1. The predicted molar refractivity (Wildman–Crippen MR) is 64.6 cm³/mol. The largest absolute Gasteiger partial charge is 0.329 e. The van der Waals surface area contributed by atoms with E-state index in [0.717, 1.165) is 0 Å². The van der Waals surface area contributed by atoms with Crippen molar-refractivity contribution >= 4 is 11.6 Å². The molecule has 2 atom stereocenters. The van der Waals surface area contributed by atoms with Gasteiger partial charge in [-0.15, -0.1) is 6.42 Å². The van der Waals surface area contributed by atoms with Crippen molar-refractivity contribution in [3.8, 4) is 12.3 Å². The molecule has 0 heterocycles. The van der Waals surface area contributed by atoms with E-state index >= 15 is 0 Å². The summed E-state index contributed by atoms with van der Waals surface area (Å²) < 4.78 is 13.6. The van der Waals surface area contributed by atoms with Crippen LogP contribution in [0.4, 0.5) is 4.39 Å². The highest BCUT2D eigenvalue weighted by molar-refractivity contribution is 6.30. The molecule has 3 N–H and O–H groups in total. The summed E-state index contributed by atoms with van der Waals surface area (Å²) in [4.78, 5) is 0. The van der Waals surface area contributed by atoms with Crippen LogP contribution >= 0.6 is 11.6 Å². The lowest BCUT2D eigenvalue weighted by atomic mass is 10.1. The van der Waals surface area contributed by atoms with E-state index in [0.29, 0.717) is 10.6 Å². The highest BCUT2D eigenvalue weighted by Crippen LogP contribution is 2.20. The van der Waals surface area contributed by atoms with Gasteiger partial charge in [0.15, 0.2) is 0 Å². The quantitative estimate of drug-likeness (QED) is 0.791. The molecular formula is C12H14ClFN2. The van der Waals surface area contributed by atoms with E-state index in [1.165, 1.54) is 6.07 Å². The maximum atomic E-state index is 13.6. The van der Waals surface area contributed by atoms with E-state index in [9.17, 15) is 4.39 Å². The summed E-state index contributed by atoms with van der Waals surface area (Å²) >= 11 is 5.67. The topological polar surface area (TPSA) is 38.0 Å². The van der Waals surface area contributed by atoms with Gasteiger partial charge in [-0.1, -0.05) is 23.6 Å². The molecule has 2 unspecified atom stereocenters. The number of halogens is 2. The van der Waals surface area contributed by atoms with Gasteiger partial charge in [0.05, 0.1) is 6.04 Å². The second-order valence-electron chi connectivity index (χ2n) is 3.51. The van der Waals surface area contributed by atoms with Crippen molar-refractivity contribution in [3.05, 3.63) is 34.6 Å². The Morgan fingerprint density at radius 1 is 1.62 bits per heavy atom. The molecule has 0 radical (unpaired) electrons. The SMILES string of the molecule is C#CC(C)NC(CN)c1ccc(Cl)cc1F. The molecule has 0 saturated heterocycles.